The van der Waals surface area contributed by atoms with Gasteiger partial charge in [-0.25, -0.2) is 4.98 Å². The Morgan fingerprint density at radius 1 is 1.20 bits per heavy atom. The molecule has 1 amide bonds. The number of pyridine rings is 1. The molecular formula is C16H19N3O. The SMILES string of the molecule is CCNc1ccc(C(=O)Nc2ccc(C)cn2)cc1C. The highest BCUT2D eigenvalue weighted by molar-refractivity contribution is 6.04. The van der Waals surface area contributed by atoms with E-state index < -0.39 is 0 Å². The minimum absolute atomic E-state index is 0.146. The Kier molecular flexibility index (Phi) is 4.35. The molecule has 4 nitrogen and oxygen atoms in total. The van der Waals surface area contributed by atoms with Crippen LogP contribution in [0.4, 0.5) is 11.5 Å². The molecule has 0 spiro atoms. The van der Waals surface area contributed by atoms with Crippen molar-refractivity contribution >= 4 is 17.4 Å². The van der Waals surface area contributed by atoms with Crippen molar-refractivity contribution in [2.24, 2.45) is 0 Å². The van der Waals surface area contributed by atoms with E-state index in [1.54, 1.807) is 12.3 Å². The average molecular weight is 269 g/mol. The molecule has 0 bridgehead atoms. The maximum Gasteiger partial charge on any atom is 0.256 e. The first kappa shape index (κ1) is 14.1. The van der Waals surface area contributed by atoms with E-state index in [0.717, 1.165) is 23.4 Å². The molecule has 20 heavy (non-hydrogen) atoms. The second-order valence-corrected chi connectivity index (χ2v) is 4.73. The smallest absolute Gasteiger partial charge is 0.256 e. The van der Waals surface area contributed by atoms with Crippen LogP contribution in [0.3, 0.4) is 0 Å². The Balaban J connectivity index is 2.13. The molecule has 0 saturated heterocycles. The summed E-state index contributed by atoms with van der Waals surface area (Å²) >= 11 is 0. The van der Waals surface area contributed by atoms with Crippen molar-refractivity contribution in [3.05, 3.63) is 53.2 Å². The number of carbonyl (C=O) groups is 1. The van der Waals surface area contributed by atoms with E-state index in [0.29, 0.717) is 11.4 Å². The van der Waals surface area contributed by atoms with Gasteiger partial charge in [0.05, 0.1) is 0 Å². The summed E-state index contributed by atoms with van der Waals surface area (Å²) in [7, 11) is 0. The van der Waals surface area contributed by atoms with Crippen LogP contribution in [0.15, 0.2) is 36.5 Å². The molecule has 1 aromatic carbocycles. The van der Waals surface area contributed by atoms with Crippen LogP contribution < -0.4 is 10.6 Å². The number of aryl methyl sites for hydroxylation is 2. The lowest BCUT2D eigenvalue weighted by Crippen LogP contribution is -2.13. The molecule has 0 aliphatic heterocycles. The summed E-state index contributed by atoms with van der Waals surface area (Å²) in [6.07, 6.45) is 1.73. The monoisotopic (exact) mass is 269 g/mol. The predicted molar refractivity (Wildman–Crippen MR) is 82.3 cm³/mol. The number of rotatable bonds is 4. The highest BCUT2D eigenvalue weighted by atomic mass is 16.1. The van der Waals surface area contributed by atoms with Crippen molar-refractivity contribution < 1.29 is 4.79 Å². The maximum atomic E-state index is 12.1. The summed E-state index contributed by atoms with van der Waals surface area (Å²) in [6, 6.07) is 9.33. The second-order valence-electron chi connectivity index (χ2n) is 4.73. The highest BCUT2D eigenvalue weighted by Gasteiger charge is 2.08. The third kappa shape index (κ3) is 3.35. The highest BCUT2D eigenvalue weighted by Crippen LogP contribution is 2.17. The van der Waals surface area contributed by atoms with Crippen LogP contribution >= 0.6 is 0 Å². The summed E-state index contributed by atoms with van der Waals surface area (Å²) in [6.45, 7) is 6.85. The molecule has 0 atom stereocenters. The van der Waals surface area contributed by atoms with Gasteiger partial charge in [-0.2, -0.15) is 0 Å². The summed E-state index contributed by atoms with van der Waals surface area (Å²) in [5.74, 6) is 0.418. The van der Waals surface area contributed by atoms with Gasteiger partial charge < -0.3 is 10.6 Å². The fourth-order valence-corrected chi connectivity index (χ4v) is 1.92. The Morgan fingerprint density at radius 3 is 2.60 bits per heavy atom. The lowest BCUT2D eigenvalue weighted by molar-refractivity contribution is 0.102. The first-order valence-corrected chi connectivity index (χ1v) is 6.68. The Labute approximate surface area is 119 Å². The van der Waals surface area contributed by atoms with Crippen LogP contribution in [0.25, 0.3) is 0 Å². The number of nitrogens with zero attached hydrogens (tertiary/aromatic N) is 1. The molecule has 1 aromatic heterocycles. The van der Waals surface area contributed by atoms with Gasteiger partial charge in [0.25, 0.3) is 5.91 Å². The number of hydrogen-bond acceptors (Lipinski definition) is 3. The number of carbonyl (C=O) groups excluding carboxylic acids is 1. The first-order valence-electron chi connectivity index (χ1n) is 6.68. The number of benzene rings is 1. The standard InChI is InChI=1S/C16H19N3O/c1-4-17-14-7-6-13(9-12(14)3)16(20)19-15-8-5-11(2)10-18-15/h5-10,17H,4H2,1-3H3,(H,18,19,20). The zero-order valence-electron chi connectivity index (χ0n) is 12.0. The molecule has 2 N–H and O–H groups in total. The van der Waals surface area contributed by atoms with Crippen LogP contribution in [-0.4, -0.2) is 17.4 Å². The van der Waals surface area contributed by atoms with Crippen LogP contribution in [0.1, 0.15) is 28.4 Å². The van der Waals surface area contributed by atoms with E-state index in [1.807, 2.05) is 45.0 Å². The van der Waals surface area contributed by atoms with Gasteiger partial charge in [0.15, 0.2) is 0 Å². The predicted octanol–water partition coefficient (Wildman–Crippen LogP) is 3.38. The summed E-state index contributed by atoms with van der Waals surface area (Å²) < 4.78 is 0. The number of nitrogens with one attached hydrogen (secondary N) is 2. The van der Waals surface area contributed by atoms with Crippen LogP contribution in [0.2, 0.25) is 0 Å². The molecule has 0 unspecified atom stereocenters. The minimum atomic E-state index is -0.146. The summed E-state index contributed by atoms with van der Waals surface area (Å²) in [5, 5.41) is 6.05. The van der Waals surface area contributed by atoms with Crippen molar-refractivity contribution in [2.75, 3.05) is 17.2 Å². The van der Waals surface area contributed by atoms with Crippen molar-refractivity contribution in [2.45, 2.75) is 20.8 Å². The third-order valence-electron chi connectivity index (χ3n) is 3.01. The van der Waals surface area contributed by atoms with Crippen molar-refractivity contribution in [3.8, 4) is 0 Å². The normalized spacial score (nSPS) is 10.2. The van der Waals surface area contributed by atoms with Gasteiger partial charge in [0, 0.05) is 24.0 Å². The van der Waals surface area contributed by atoms with Crippen LogP contribution in [0.5, 0.6) is 0 Å². The van der Waals surface area contributed by atoms with E-state index in [-0.39, 0.29) is 5.91 Å². The molecule has 1 heterocycles. The van der Waals surface area contributed by atoms with E-state index in [2.05, 4.69) is 15.6 Å². The topological polar surface area (TPSA) is 54.0 Å². The molecule has 2 aromatic rings. The number of anilines is 2. The van der Waals surface area contributed by atoms with Crippen LogP contribution in [0, 0.1) is 13.8 Å². The minimum Gasteiger partial charge on any atom is -0.385 e. The molecule has 0 aliphatic carbocycles. The van der Waals surface area contributed by atoms with Gasteiger partial charge in [-0.3, -0.25) is 4.79 Å². The Morgan fingerprint density at radius 2 is 2.00 bits per heavy atom. The average Bonchev–Trinajstić information content (AvgIpc) is 2.44. The van der Waals surface area contributed by atoms with E-state index in [1.165, 1.54) is 0 Å². The van der Waals surface area contributed by atoms with Crippen LogP contribution in [-0.2, 0) is 0 Å². The molecule has 2 rings (SSSR count). The molecular weight excluding hydrogens is 250 g/mol. The van der Waals surface area contributed by atoms with Crippen molar-refractivity contribution in [3.63, 3.8) is 0 Å². The fraction of sp³-hybridized carbons (Fsp3) is 0.250. The number of hydrogen-bond donors (Lipinski definition) is 2. The van der Waals surface area contributed by atoms with Crippen molar-refractivity contribution in [1.29, 1.82) is 0 Å². The third-order valence-corrected chi connectivity index (χ3v) is 3.01. The largest absolute Gasteiger partial charge is 0.385 e. The maximum absolute atomic E-state index is 12.1. The molecule has 0 radical (unpaired) electrons. The number of amides is 1. The van der Waals surface area contributed by atoms with Gasteiger partial charge in [0.1, 0.15) is 5.82 Å². The summed E-state index contributed by atoms with van der Waals surface area (Å²) in [5.41, 5.74) is 3.80. The van der Waals surface area contributed by atoms with Gasteiger partial charge in [-0.1, -0.05) is 6.07 Å². The number of aromatic nitrogens is 1. The van der Waals surface area contributed by atoms with E-state index in [4.69, 9.17) is 0 Å². The molecule has 0 aliphatic rings. The fourth-order valence-electron chi connectivity index (χ4n) is 1.92. The second kappa shape index (κ2) is 6.19. The van der Waals surface area contributed by atoms with Gasteiger partial charge in [-0.05, 0) is 56.2 Å². The zero-order valence-corrected chi connectivity index (χ0v) is 12.0. The quantitative estimate of drug-likeness (QED) is 0.894. The Hall–Kier alpha value is -2.36. The molecule has 104 valence electrons. The van der Waals surface area contributed by atoms with E-state index >= 15 is 0 Å². The first-order chi connectivity index (χ1) is 9.60. The van der Waals surface area contributed by atoms with Gasteiger partial charge >= 0.3 is 0 Å². The zero-order chi connectivity index (χ0) is 14.5. The molecule has 0 fully saturated rings. The Bertz CT molecular complexity index is 606. The van der Waals surface area contributed by atoms with Gasteiger partial charge in [0.2, 0.25) is 0 Å². The molecule has 0 saturated carbocycles. The van der Waals surface area contributed by atoms with Gasteiger partial charge in [-0.15, -0.1) is 0 Å². The lowest BCUT2D eigenvalue weighted by atomic mass is 10.1. The van der Waals surface area contributed by atoms with Crippen molar-refractivity contribution in [1.82, 2.24) is 4.98 Å². The molecule has 4 heteroatoms. The lowest BCUT2D eigenvalue weighted by Gasteiger charge is -2.10. The van der Waals surface area contributed by atoms with E-state index in [9.17, 15) is 4.79 Å². The summed E-state index contributed by atoms with van der Waals surface area (Å²) in [4.78, 5) is 16.3.